The van der Waals surface area contributed by atoms with Gasteiger partial charge in [0.05, 0.1) is 0 Å². The third kappa shape index (κ3) is 3.81. The monoisotopic (exact) mass is 506 g/mol. The Kier molecular flexibility index (Phi) is 6.74. The van der Waals surface area contributed by atoms with E-state index in [-0.39, 0.29) is 0 Å². The molecule has 1 heteroatoms. The van der Waals surface area contributed by atoms with Gasteiger partial charge in [0.15, 0.2) is 0 Å². The van der Waals surface area contributed by atoms with E-state index < -0.39 is 12.4 Å². The van der Waals surface area contributed by atoms with Gasteiger partial charge in [-0.1, -0.05) is 0 Å². The van der Waals surface area contributed by atoms with Crippen molar-refractivity contribution >= 4 is 23.2 Å². The van der Waals surface area contributed by atoms with Crippen molar-refractivity contribution in [2.75, 3.05) is 0 Å². The van der Waals surface area contributed by atoms with Crippen LogP contribution in [0.15, 0.2) is 182 Å². The van der Waals surface area contributed by atoms with Gasteiger partial charge in [-0.2, -0.15) is 0 Å². The minimum atomic E-state index is -2.93. The van der Waals surface area contributed by atoms with Gasteiger partial charge in [-0.3, -0.25) is 0 Å². The molecule has 6 aromatic carbocycles. The summed E-state index contributed by atoms with van der Waals surface area (Å²) in [7, 11) is -2.93. The van der Waals surface area contributed by atoms with Crippen LogP contribution in [0, 0.1) is 0 Å². The summed E-state index contributed by atoms with van der Waals surface area (Å²) >= 11 is 0. The van der Waals surface area contributed by atoms with Crippen molar-refractivity contribution in [2.45, 2.75) is 5.16 Å². The van der Waals surface area contributed by atoms with Crippen LogP contribution in [0.1, 0.15) is 16.7 Å². The first-order valence-corrected chi connectivity index (χ1v) is 15.2. The van der Waals surface area contributed by atoms with Gasteiger partial charge in [-0.05, 0) is 0 Å². The summed E-state index contributed by atoms with van der Waals surface area (Å²) in [6, 6.07) is 67.3. The Hall–Kier alpha value is -4.25. The van der Waals surface area contributed by atoms with E-state index in [4.69, 9.17) is 0 Å². The summed E-state index contributed by atoms with van der Waals surface area (Å²) in [4.78, 5) is 0. The van der Waals surface area contributed by atoms with E-state index >= 15 is 0 Å². The summed E-state index contributed by atoms with van der Waals surface area (Å²) in [6.07, 6.45) is 0. The fourth-order valence-corrected chi connectivity index (χ4v) is 12.6. The summed E-state index contributed by atoms with van der Waals surface area (Å²) in [6.45, 7) is 0. The molecule has 184 valence electrons. The molecule has 0 unspecified atom stereocenters. The molecule has 0 radical (unpaired) electrons. The summed E-state index contributed by atoms with van der Waals surface area (Å²) in [5.41, 5.74) is 3.92. The second kappa shape index (κ2) is 10.6. The minimum absolute atomic E-state index is 0.458. The standard InChI is InChI=1S/C37H31P/c1-7-19-31(20-8-1)37(32-21-9-2-10-22-32,33-23-11-3-12-24-33)38(34-25-13-4-14-26-34,35-27-15-5-16-28-35)36-29-17-6-18-30-36/h1-30,38H. The van der Waals surface area contributed by atoms with E-state index in [1.165, 1.54) is 32.6 Å². The molecule has 0 atom stereocenters. The topological polar surface area (TPSA) is 0 Å². The van der Waals surface area contributed by atoms with Gasteiger partial charge in [0.1, 0.15) is 0 Å². The fraction of sp³-hybridized carbons (Fsp3) is 0.0270. The molecule has 0 aliphatic carbocycles. The Morgan fingerprint density at radius 3 is 0.711 bits per heavy atom. The van der Waals surface area contributed by atoms with Gasteiger partial charge in [0.2, 0.25) is 0 Å². The summed E-state index contributed by atoms with van der Waals surface area (Å²) < 4.78 is 0. The predicted molar refractivity (Wildman–Crippen MR) is 166 cm³/mol. The zero-order valence-corrected chi connectivity index (χ0v) is 22.3. The van der Waals surface area contributed by atoms with Gasteiger partial charge in [-0.25, -0.2) is 0 Å². The Bertz CT molecular complexity index is 1250. The molecular formula is C37H31P. The number of rotatable bonds is 7. The zero-order chi connectivity index (χ0) is 25.7. The molecule has 0 aromatic heterocycles. The van der Waals surface area contributed by atoms with Gasteiger partial charge >= 0.3 is 227 Å². The van der Waals surface area contributed by atoms with Crippen molar-refractivity contribution < 1.29 is 0 Å². The summed E-state index contributed by atoms with van der Waals surface area (Å²) in [5.74, 6) is 0. The number of benzene rings is 6. The van der Waals surface area contributed by atoms with Gasteiger partial charge in [0, 0.05) is 0 Å². The van der Waals surface area contributed by atoms with E-state index in [1.54, 1.807) is 0 Å². The van der Waals surface area contributed by atoms with E-state index in [0.717, 1.165) is 0 Å². The molecule has 0 fully saturated rings. The van der Waals surface area contributed by atoms with E-state index in [0.29, 0.717) is 0 Å². The Labute approximate surface area is 226 Å². The molecule has 0 spiro atoms. The second-order valence-corrected chi connectivity index (χ2v) is 13.7. The van der Waals surface area contributed by atoms with Gasteiger partial charge in [-0.15, -0.1) is 0 Å². The van der Waals surface area contributed by atoms with Crippen LogP contribution < -0.4 is 15.9 Å². The molecule has 0 saturated carbocycles. The Balaban J connectivity index is 1.93. The molecule has 0 aliphatic rings. The second-order valence-electron chi connectivity index (χ2n) is 9.70. The molecule has 0 aliphatic heterocycles. The van der Waals surface area contributed by atoms with Crippen molar-refractivity contribution in [1.29, 1.82) is 0 Å². The Morgan fingerprint density at radius 2 is 0.474 bits per heavy atom. The Morgan fingerprint density at radius 1 is 0.263 bits per heavy atom. The molecule has 0 heterocycles. The van der Waals surface area contributed by atoms with E-state index in [2.05, 4.69) is 182 Å². The molecule has 6 rings (SSSR count). The maximum atomic E-state index is 2.36. The fourth-order valence-electron chi connectivity index (χ4n) is 6.43. The van der Waals surface area contributed by atoms with E-state index in [9.17, 15) is 0 Å². The molecular weight excluding hydrogens is 475 g/mol. The van der Waals surface area contributed by atoms with Crippen LogP contribution >= 0.6 is 7.26 Å². The third-order valence-electron chi connectivity index (χ3n) is 7.80. The SMILES string of the molecule is c1ccc(C(c2ccccc2)(c2ccccc2)[PH](c2ccccc2)(c2ccccc2)c2ccccc2)cc1. The molecule has 6 aromatic rings. The molecule has 38 heavy (non-hydrogen) atoms. The van der Waals surface area contributed by atoms with Gasteiger partial charge < -0.3 is 0 Å². The molecule has 0 bridgehead atoms. The first-order chi connectivity index (χ1) is 18.9. The average Bonchev–Trinajstić information content (AvgIpc) is 3.02. The van der Waals surface area contributed by atoms with Crippen LogP contribution in [0.2, 0.25) is 0 Å². The molecule has 0 nitrogen and oxygen atoms in total. The van der Waals surface area contributed by atoms with Crippen molar-refractivity contribution in [3.05, 3.63) is 199 Å². The van der Waals surface area contributed by atoms with Crippen LogP contribution in [0.4, 0.5) is 0 Å². The van der Waals surface area contributed by atoms with Crippen molar-refractivity contribution in [3.8, 4) is 0 Å². The average molecular weight is 507 g/mol. The molecule has 0 N–H and O–H groups in total. The van der Waals surface area contributed by atoms with Crippen molar-refractivity contribution in [3.63, 3.8) is 0 Å². The van der Waals surface area contributed by atoms with Gasteiger partial charge in [0.25, 0.3) is 0 Å². The normalized spacial score (nSPS) is 12.1. The summed E-state index contributed by atoms with van der Waals surface area (Å²) in [5, 5.41) is 3.69. The van der Waals surface area contributed by atoms with Crippen LogP contribution in [0.3, 0.4) is 0 Å². The van der Waals surface area contributed by atoms with Crippen molar-refractivity contribution in [2.24, 2.45) is 0 Å². The van der Waals surface area contributed by atoms with Crippen LogP contribution in [0.5, 0.6) is 0 Å². The van der Waals surface area contributed by atoms with Crippen LogP contribution in [-0.2, 0) is 5.16 Å². The van der Waals surface area contributed by atoms with Crippen molar-refractivity contribution in [1.82, 2.24) is 0 Å². The van der Waals surface area contributed by atoms with Crippen LogP contribution in [0.25, 0.3) is 0 Å². The maximum absolute atomic E-state index is 2.93. The molecule has 0 amide bonds. The van der Waals surface area contributed by atoms with Crippen LogP contribution in [-0.4, -0.2) is 0 Å². The molecule has 0 saturated heterocycles. The third-order valence-corrected chi connectivity index (χ3v) is 13.4. The first-order valence-electron chi connectivity index (χ1n) is 13.2. The zero-order valence-electron chi connectivity index (χ0n) is 21.3. The quantitative estimate of drug-likeness (QED) is 0.154. The number of hydrogen-bond donors (Lipinski definition) is 0. The first kappa shape index (κ1) is 24.1. The van der Waals surface area contributed by atoms with E-state index in [1.807, 2.05) is 0 Å². The predicted octanol–water partition coefficient (Wildman–Crippen LogP) is 7.70. The number of hydrogen-bond acceptors (Lipinski definition) is 0.